The number of carbonyl (C=O) groups excluding carboxylic acids is 2. The number of aliphatic hydroxyl groups excluding tert-OH is 1. The van der Waals surface area contributed by atoms with E-state index in [2.05, 4.69) is 57.2 Å². The van der Waals surface area contributed by atoms with Crippen molar-refractivity contribution in [2.75, 3.05) is 12.3 Å². The molecule has 0 saturated carbocycles. The second kappa shape index (κ2) is 17.5. The minimum atomic E-state index is -0.533. The fourth-order valence-corrected chi connectivity index (χ4v) is 7.22. The number of aryl methyl sites for hydroxylation is 1. The summed E-state index contributed by atoms with van der Waals surface area (Å²) in [6.45, 7) is 4.59. The van der Waals surface area contributed by atoms with Crippen LogP contribution in [0.3, 0.4) is 0 Å². The van der Waals surface area contributed by atoms with Gasteiger partial charge >= 0.3 is 0 Å². The Bertz CT molecular complexity index is 1600. The summed E-state index contributed by atoms with van der Waals surface area (Å²) >= 11 is 3.24. The Morgan fingerprint density at radius 2 is 1.70 bits per heavy atom. The molecule has 3 atom stereocenters. The molecule has 1 saturated heterocycles. The molecule has 0 unspecified atom stereocenters. The first kappa shape index (κ1) is 34.7. The molecule has 1 aliphatic rings. The van der Waals surface area contributed by atoms with Crippen LogP contribution in [0.2, 0.25) is 0 Å². The van der Waals surface area contributed by atoms with Gasteiger partial charge in [0.15, 0.2) is 10.6 Å². The number of carbonyl (C=O) groups is 2. The number of amides is 2. The normalized spacial score (nSPS) is 17.7. The van der Waals surface area contributed by atoms with E-state index in [9.17, 15) is 14.7 Å². The van der Waals surface area contributed by atoms with E-state index < -0.39 is 6.29 Å². The molecule has 0 bridgehead atoms. The maximum Gasteiger partial charge on any atom is 0.220 e. The summed E-state index contributed by atoms with van der Waals surface area (Å²) < 4.78 is 13.9. The molecule has 0 spiro atoms. The lowest BCUT2D eigenvalue weighted by molar-refractivity contribution is -0.245. The van der Waals surface area contributed by atoms with Gasteiger partial charge < -0.3 is 25.2 Å². The van der Waals surface area contributed by atoms with E-state index in [4.69, 9.17) is 9.47 Å². The van der Waals surface area contributed by atoms with Crippen molar-refractivity contribution in [3.63, 3.8) is 0 Å². The Labute approximate surface area is 284 Å². The van der Waals surface area contributed by atoms with Gasteiger partial charge in [0, 0.05) is 44.2 Å². The number of aliphatic hydroxyl groups is 1. The van der Waals surface area contributed by atoms with Gasteiger partial charge in [-0.15, -0.1) is 10.2 Å². The summed E-state index contributed by atoms with van der Waals surface area (Å²) in [5.41, 5.74) is 6.02. The summed E-state index contributed by atoms with van der Waals surface area (Å²) in [6, 6.07) is 24.4. The molecule has 9 nitrogen and oxygen atoms in total. The predicted octanol–water partition coefficient (Wildman–Crippen LogP) is 6.66. The van der Waals surface area contributed by atoms with Crippen LogP contribution in [-0.2, 0) is 32.2 Å². The molecular weight excluding hydrogens is 633 g/mol. The van der Waals surface area contributed by atoms with Crippen molar-refractivity contribution in [1.29, 1.82) is 0 Å². The van der Waals surface area contributed by atoms with Crippen molar-refractivity contribution in [2.24, 2.45) is 0 Å². The molecule has 2 amide bonds. The van der Waals surface area contributed by atoms with Crippen molar-refractivity contribution in [3.05, 3.63) is 100 Å². The fraction of sp³-hybridized carbons (Fsp3) is 0.389. The Hall–Kier alpha value is -3.61. The topological polar surface area (TPSA) is 123 Å². The molecule has 248 valence electrons. The summed E-state index contributed by atoms with van der Waals surface area (Å²) in [6.07, 6.45) is 3.01. The Morgan fingerprint density at radius 3 is 2.43 bits per heavy atom. The number of benzene rings is 3. The first-order valence-electron chi connectivity index (χ1n) is 16.0. The number of thioether (sulfide) groups is 1. The van der Waals surface area contributed by atoms with Crippen molar-refractivity contribution in [3.8, 4) is 11.1 Å². The van der Waals surface area contributed by atoms with Crippen LogP contribution >= 0.6 is 23.1 Å². The van der Waals surface area contributed by atoms with Gasteiger partial charge in [0.05, 0.1) is 18.8 Å². The number of hydrogen-bond donors (Lipinski definition) is 3. The number of ether oxygens (including phenoxy) is 2. The van der Waals surface area contributed by atoms with Gasteiger partial charge in [-0.3, -0.25) is 9.59 Å². The van der Waals surface area contributed by atoms with Gasteiger partial charge in [-0.2, -0.15) is 0 Å². The zero-order valence-corrected chi connectivity index (χ0v) is 28.4. The van der Waals surface area contributed by atoms with Gasteiger partial charge in [0.25, 0.3) is 0 Å². The molecule has 47 heavy (non-hydrogen) atoms. The van der Waals surface area contributed by atoms with Gasteiger partial charge in [0.2, 0.25) is 11.8 Å². The predicted molar refractivity (Wildman–Crippen MR) is 185 cm³/mol. The van der Waals surface area contributed by atoms with Crippen molar-refractivity contribution >= 4 is 34.9 Å². The second-order valence-electron chi connectivity index (χ2n) is 11.6. The zero-order chi connectivity index (χ0) is 33.0. The van der Waals surface area contributed by atoms with E-state index in [1.54, 1.807) is 23.1 Å². The molecule has 0 aliphatic carbocycles. The monoisotopic (exact) mass is 674 g/mol. The average Bonchev–Trinajstić information content (AvgIpc) is 3.52. The van der Waals surface area contributed by atoms with E-state index in [-0.39, 0.29) is 30.6 Å². The smallest absolute Gasteiger partial charge is 0.220 e. The maximum atomic E-state index is 12.4. The van der Waals surface area contributed by atoms with Crippen molar-refractivity contribution in [1.82, 2.24) is 20.8 Å². The van der Waals surface area contributed by atoms with Crippen LogP contribution < -0.4 is 10.6 Å². The molecule has 4 aromatic rings. The van der Waals surface area contributed by atoms with Gasteiger partial charge in [-0.05, 0) is 53.6 Å². The molecule has 1 aliphatic heterocycles. The Kier molecular flexibility index (Phi) is 12.9. The number of hydrogen-bond acceptors (Lipinski definition) is 9. The summed E-state index contributed by atoms with van der Waals surface area (Å²) in [7, 11) is 0. The second-order valence-corrected chi connectivity index (χ2v) is 14.1. The lowest BCUT2D eigenvalue weighted by Gasteiger charge is -2.36. The first-order chi connectivity index (χ1) is 22.9. The summed E-state index contributed by atoms with van der Waals surface area (Å²) in [5, 5.41) is 24.6. The van der Waals surface area contributed by atoms with Crippen LogP contribution in [-0.4, -0.2) is 45.5 Å². The fourth-order valence-electron chi connectivity index (χ4n) is 5.36. The lowest BCUT2D eigenvalue weighted by Crippen LogP contribution is -2.31. The van der Waals surface area contributed by atoms with E-state index in [0.717, 1.165) is 67.7 Å². The van der Waals surface area contributed by atoms with E-state index in [0.29, 0.717) is 25.9 Å². The standard InChI is InChI=1S/C36H42N4O5S2/c1-24(42)37-18-5-3-4-9-34(43)38-21-27-7-6-8-31(19-27)28-14-16-30(17-15-28)35-44-32(23-46-36-40-39-25(2)47-36)20-33(45-35)29-12-10-26(22-41)11-13-29/h6-8,10-17,19,32-33,35,41H,3-5,9,18,20-23H2,1-2H3,(H,37,42)(H,38,43)/t32-,33+,35+/m0/s1. The summed E-state index contributed by atoms with van der Waals surface area (Å²) in [5.74, 6) is 0.744. The Morgan fingerprint density at radius 1 is 0.915 bits per heavy atom. The molecule has 0 radical (unpaired) electrons. The van der Waals surface area contributed by atoms with Crippen LogP contribution in [0.1, 0.15) is 78.7 Å². The Balaban J connectivity index is 1.19. The van der Waals surface area contributed by atoms with Crippen LogP contribution in [0.5, 0.6) is 0 Å². The molecule has 3 N–H and O–H groups in total. The number of nitrogens with one attached hydrogen (secondary N) is 2. The number of aromatic nitrogens is 2. The molecule has 5 rings (SSSR count). The van der Waals surface area contributed by atoms with Crippen LogP contribution in [0, 0.1) is 6.92 Å². The molecule has 2 heterocycles. The highest BCUT2D eigenvalue weighted by atomic mass is 32.2. The minimum Gasteiger partial charge on any atom is -0.392 e. The first-order valence-corrected chi connectivity index (χ1v) is 17.8. The largest absolute Gasteiger partial charge is 0.392 e. The summed E-state index contributed by atoms with van der Waals surface area (Å²) in [4.78, 5) is 23.3. The van der Waals surface area contributed by atoms with Gasteiger partial charge in [-0.1, -0.05) is 96.2 Å². The van der Waals surface area contributed by atoms with Gasteiger partial charge in [-0.25, -0.2) is 0 Å². The lowest BCUT2D eigenvalue weighted by atomic mass is 9.99. The number of nitrogens with zero attached hydrogens (tertiary/aromatic N) is 2. The van der Waals surface area contributed by atoms with Crippen LogP contribution in [0.4, 0.5) is 0 Å². The maximum absolute atomic E-state index is 12.4. The third kappa shape index (κ3) is 10.7. The number of rotatable bonds is 15. The molecule has 1 fully saturated rings. The third-order valence-corrected chi connectivity index (χ3v) is 10.0. The van der Waals surface area contributed by atoms with Crippen LogP contribution in [0.15, 0.2) is 77.1 Å². The molecular formula is C36H42N4O5S2. The zero-order valence-electron chi connectivity index (χ0n) is 26.8. The average molecular weight is 675 g/mol. The molecule has 3 aromatic carbocycles. The quantitative estimate of drug-likeness (QED) is 0.0946. The minimum absolute atomic E-state index is 0.00496. The highest BCUT2D eigenvalue weighted by Gasteiger charge is 2.32. The van der Waals surface area contributed by atoms with Gasteiger partial charge in [0.1, 0.15) is 5.01 Å². The number of unbranched alkanes of at least 4 members (excludes halogenated alkanes) is 2. The highest BCUT2D eigenvalue weighted by Crippen LogP contribution is 2.40. The van der Waals surface area contributed by atoms with E-state index >= 15 is 0 Å². The SMILES string of the molecule is CC(=O)NCCCCCC(=O)NCc1cccc(-c2ccc([C@@H]3O[C@H](CSc4nnc(C)s4)C[C@H](c4ccc(CO)cc4)O3)cc2)c1. The van der Waals surface area contributed by atoms with Crippen molar-refractivity contribution in [2.45, 2.75) is 81.9 Å². The molecule has 1 aromatic heterocycles. The van der Waals surface area contributed by atoms with E-state index in [1.807, 2.05) is 43.3 Å². The third-order valence-electron chi connectivity index (χ3n) is 7.90. The van der Waals surface area contributed by atoms with Crippen LogP contribution in [0.25, 0.3) is 11.1 Å². The highest BCUT2D eigenvalue weighted by molar-refractivity contribution is 8.01. The van der Waals surface area contributed by atoms with Crippen molar-refractivity contribution < 1.29 is 24.2 Å². The molecule has 11 heteroatoms. The van der Waals surface area contributed by atoms with E-state index in [1.165, 1.54) is 6.92 Å².